The number of hydrogen-bond donors (Lipinski definition) is 0. The molecule has 3 nitrogen and oxygen atoms in total. The molecule has 4 heteroatoms. The van der Waals surface area contributed by atoms with Crippen molar-refractivity contribution >= 4 is 22.8 Å². The molecular formula is C13H16O3S. The lowest BCUT2D eigenvalue weighted by molar-refractivity contribution is -0.143. The molecule has 1 aromatic carbocycles. The Morgan fingerprint density at radius 2 is 1.94 bits per heavy atom. The monoisotopic (exact) mass is 252 g/mol. The van der Waals surface area contributed by atoms with Gasteiger partial charge in [-0.25, -0.2) is 0 Å². The maximum absolute atomic E-state index is 11.7. The van der Waals surface area contributed by atoms with Crippen LogP contribution in [0.1, 0.15) is 30.1 Å². The van der Waals surface area contributed by atoms with Gasteiger partial charge in [0.2, 0.25) is 5.12 Å². The van der Waals surface area contributed by atoms with Gasteiger partial charge in [-0.2, -0.15) is 0 Å². The molecule has 0 N–H and O–H groups in total. The second-order valence-corrected chi connectivity index (χ2v) is 4.48. The molecule has 1 aromatic rings. The van der Waals surface area contributed by atoms with Crippen LogP contribution in [0.5, 0.6) is 0 Å². The maximum atomic E-state index is 11.7. The van der Waals surface area contributed by atoms with Gasteiger partial charge >= 0.3 is 5.97 Å². The van der Waals surface area contributed by atoms with Crippen LogP contribution in [0.4, 0.5) is 0 Å². The van der Waals surface area contributed by atoms with Crippen molar-refractivity contribution in [2.24, 2.45) is 0 Å². The van der Waals surface area contributed by atoms with Crippen molar-refractivity contribution in [3.8, 4) is 0 Å². The minimum atomic E-state index is -0.194. The van der Waals surface area contributed by atoms with Crippen LogP contribution >= 0.6 is 11.8 Å². The van der Waals surface area contributed by atoms with E-state index in [9.17, 15) is 9.59 Å². The van der Waals surface area contributed by atoms with Crippen molar-refractivity contribution in [2.45, 2.75) is 19.8 Å². The summed E-state index contributed by atoms with van der Waals surface area (Å²) in [6.45, 7) is 2.19. The van der Waals surface area contributed by atoms with E-state index in [0.717, 1.165) is 0 Å². The van der Waals surface area contributed by atoms with E-state index >= 15 is 0 Å². The largest absolute Gasteiger partial charge is 0.466 e. The lowest BCUT2D eigenvalue weighted by atomic mass is 10.2. The zero-order valence-electron chi connectivity index (χ0n) is 9.85. The third kappa shape index (κ3) is 5.54. The maximum Gasteiger partial charge on any atom is 0.305 e. The molecule has 92 valence electrons. The zero-order chi connectivity index (χ0) is 12.5. The van der Waals surface area contributed by atoms with Gasteiger partial charge in [0.05, 0.1) is 6.61 Å². The first kappa shape index (κ1) is 13.8. The number of hydrogen-bond acceptors (Lipinski definition) is 4. The van der Waals surface area contributed by atoms with E-state index in [4.69, 9.17) is 4.74 Å². The summed E-state index contributed by atoms with van der Waals surface area (Å²) >= 11 is 1.24. The zero-order valence-corrected chi connectivity index (χ0v) is 10.7. The quantitative estimate of drug-likeness (QED) is 0.577. The Kier molecular flexibility index (Phi) is 6.40. The highest BCUT2D eigenvalue weighted by molar-refractivity contribution is 8.14. The first-order chi connectivity index (χ1) is 8.24. The minimum absolute atomic E-state index is 0.0504. The molecule has 0 aliphatic carbocycles. The summed E-state index contributed by atoms with van der Waals surface area (Å²) in [5, 5.41) is 0.0504. The molecule has 0 unspecified atom stereocenters. The standard InChI is InChI=1S/C13H16O3S/c1-2-16-12(14)9-6-10-17-13(15)11-7-4-3-5-8-11/h3-5,7-8H,2,6,9-10H2,1H3. The van der Waals surface area contributed by atoms with Crippen molar-refractivity contribution in [1.29, 1.82) is 0 Å². The number of thioether (sulfide) groups is 1. The van der Waals surface area contributed by atoms with Gasteiger partial charge < -0.3 is 4.74 Å². The molecule has 0 fully saturated rings. The summed E-state index contributed by atoms with van der Waals surface area (Å²) in [4.78, 5) is 22.7. The van der Waals surface area contributed by atoms with E-state index in [-0.39, 0.29) is 11.1 Å². The SMILES string of the molecule is CCOC(=O)CCCSC(=O)c1ccccc1. The molecule has 0 radical (unpaired) electrons. The second-order valence-electron chi connectivity index (χ2n) is 3.41. The summed E-state index contributed by atoms with van der Waals surface area (Å²) < 4.78 is 4.80. The van der Waals surface area contributed by atoms with Gasteiger partial charge in [-0.1, -0.05) is 42.1 Å². The molecular weight excluding hydrogens is 236 g/mol. The third-order valence-electron chi connectivity index (χ3n) is 2.07. The highest BCUT2D eigenvalue weighted by Crippen LogP contribution is 2.13. The molecule has 0 atom stereocenters. The Bertz CT molecular complexity index is 362. The lowest BCUT2D eigenvalue weighted by Gasteiger charge is -2.01. The predicted molar refractivity (Wildman–Crippen MR) is 69.1 cm³/mol. The van der Waals surface area contributed by atoms with Gasteiger partial charge in [0.15, 0.2) is 0 Å². The van der Waals surface area contributed by atoms with Gasteiger partial charge in [0.25, 0.3) is 0 Å². The van der Waals surface area contributed by atoms with Crippen LogP contribution in [0.3, 0.4) is 0 Å². The molecule has 0 amide bonds. The molecule has 0 heterocycles. The number of carbonyl (C=O) groups is 2. The van der Waals surface area contributed by atoms with Crippen molar-refractivity contribution in [2.75, 3.05) is 12.4 Å². The Labute approximate surface area is 106 Å². The lowest BCUT2D eigenvalue weighted by Crippen LogP contribution is -2.04. The summed E-state index contributed by atoms with van der Waals surface area (Å²) in [6, 6.07) is 9.14. The fraction of sp³-hybridized carbons (Fsp3) is 0.385. The smallest absolute Gasteiger partial charge is 0.305 e. The molecule has 0 saturated carbocycles. The third-order valence-corrected chi connectivity index (χ3v) is 3.06. The predicted octanol–water partition coefficient (Wildman–Crippen LogP) is 2.90. The minimum Gasteiger partial charge on any atom is -0.466 e. The van der Waals surface area contributed by atoms with Crippen LogP contribution in [0.25, 0.3) is 0 Å². The number of carbonyl (C=O) groups excluding carboxylic acids is 2. The van der Waals surface area contributed by atoms with Crippen LogP contribution in [0, 0.1) is 0 Å². The van der Waals surface area contributed by atoms with Gasteiger partial charge in [0, 0.05) is 17.7 Å². The topological polar surface area (TPSA) is 43.4 Å². The average molecular weight is 252 g/mol. The molecule has 0 aliphatic rings. The Balaban J connectivity index is 2.19. The van der Waals surface area contributed by atoms with Gasteiger partial charge in [0.1, 0.15) is 0 Å². The summed E-state index contributed by atoms with van der Waals surface area (Å²) in [6.07, 6.45) is 1.05. The molecule has 17 heavy (non-hydrogen) atoms. The number of ether oxygens (including phenoxy) is 1. The first-order valence-corrected chi connectivity index (χ1v) is 6.60. The number of benzene rings is 1. The van der Waals surface area contributed by atoms with Gasteiger partial charge in [-0.05, 0) is 13.3 Å². The second kappa shape index (κ2) is 7.90. The Hall–Kier alpha value is -1.29. The van der Waals surface area contributed by atoms with E-state index in [2.05, 4.69) is 0 Å². The van der Waals surface area contributed by atoms with Gasteiger partial charge in [-0.3, -0.25) is 9.59 Å². The summed E-state index contributed by atoms with van der Waals surface area (Å²) in [5.74, 6) is 0.451. The molecule has 0 aromatic heterocycles. The van der Waals surface area contributed by atoms with Crippen LogP contribution in [-0.2, 0) is 9.53 Å². The summed E-state index contributed by atoms with van der Waals surface area (Å²) in [7, 11) is 0. The highest BCUT2D eigenvalue weighted by Gasteiger charge is 2.06. The first-order valence-electron chi connectivity index (χ1n) is 5.62. The van der Waals surface area contributed by atoms with Crippen LogP contribution in [-0.4, -0.2) is 23.4 Å². The van der Waals surface area contributed by atoms with E-state index in [1.807, 2.05) is 18.2 Å². The highest BCUT2D eigenvalue weighted by atomic mass is 32.2. The molecule has 0 aliphatic heterocycles. The van der Waals surface area contributed by atoms with Gasteiger partial charge in [-0.15, -0.1) is 0 Å². The van der Waals surface area contributed by atoms with Crippen molar-refractivity contribution < 1.29 is 14.3 Å². The van der Waals surface area contributed by atoms with Crippen LogP contribution < -0.4 is 0 Å². The van der Waals surface area contributed by atoms with E-state index in [1.54, 1.807) is 19.1 Å². The number of rotatable bonds is 6. The normalized spacial score (nSPS) is 9.94. The van der Waals surface area contributed by atoms with E-state index < -0.39 is 0 Å². The van der Waals surface area contributed by atoms with Crippen LogP contribution in [0.2, 0.25) is 0 Å². The fourth-order valence-corrected chi connectivity index (χ4v) is 2.05. The van der Waals surface area contributed by atoms with Crippen molar-refractivity contribution in [1.82, 2.24) is 0 Å². The Morgan fingerprint density at radius 1 is 1.24 bits per heavy atom. The van der Waals surface area contributed by atoms with Crippen molar-refractivity contribution in [3.05, 3.63) is 35.9 Å². The molecule has 1 rings (SSSR count). The molecule has 0 bridgehead atoms. The van der Waals surface area contributed by atoms with Crippen molar-refractivity contribution in [3.63, 3.8) is 0 Å². The summed E-state index contributed by atoms with van der Waals surface area (Å²) in [5.41, 5.74) is 0.702. The fourth-order valence-electron chi connectivity index (χ4n) is 1.27. The van der Waals surface area contributed by atoms with E-state index in [1.165, 1.54) is 11.8 Å². The average Bonchev–Trinajstić information content (AvgIpc) is 2.36. The molecule has 0 saturated heterocycles. The van der Waals surface area contributed by atoms with E-state index in [0.29, 0.717) is 30.8 Å². The van der Waals surface area contributed by atoms with Crippen LogP contribution in [0.15, 0.2) is 30.3 Å². The molecule has 0 spiro atoms. The Morgan fingerprint density at radius 3 is 2.59 bits per heavy atom. The number of esters is 1.